The summed E-state index contributed by atoms with van der Waals surface area (Å²) in [4.78, 5) is 39.6. The second kappa shape index (κ2) is 10.1. The summed E-state index contributed by atoms with van der Waals surface area (Å²) >= 11 is 0. The second-order valence-corrected chi connectivity index (χ2v) is 7.61. The van der Waals surface area contributed by atoms with E-state index in [0.29, 0.717) is 25.1 Å². The van der Waals surface area contributed by atoms with E-state index in [-0.39, 0.29) is 18.4 Å². The first-order chi connectivity index (χ1) is 14.5. The van der Waals surface area contributed by atoms with E-state index in [4.69, 9.17) is 4.74 Å². The standard InChI is InChI=1S/C24H28N2O4/c1-3-18-6-8-19(9-7-18)15-25(2)23(28)17-30-24(29)21-12-10-20(11-13-21)16-26-14-4-5-22(26)27/h6-13H,3-5,14-17H2,1-2H3. The maximum absolute atomic E-state index is 12.3. The molecule has 0 bridgehead atoms. The van der Waals surface area contributed by atoms with Crippen LogP contribution in [0.1, 0.15) is 46.8 Å². The lowest BCUT2D eigenvalue weighted by molar-refractivity contribution is -0.133. The van der Waals surface area contributed by atoms with Gasteiger partial charge >= 0.3 is 5.97 Å². The molecule has 0 atom stereocenters. The Hall–Kier alpha value is -3.15. The Labute approximate surface area is 177 Å². The van der Waals surface area contributed by atoms with Gasteiger partial charge in [0.2, 0.25) is 5.91 Å². The molecule has 0 unspecified atom stereocenters. The normalized spacial score (nSPS) is 13.4. The Morgan fingerprint density at radius 1 is 1.00 bits per heavy atom. The monoisotopic (exact) mass is 408 g/mol. The molecule has 0 radical (unpaired) electrons. The van der Waals surface area contributed by atoms with E-state index in [1.165, 1.54) is 5.56 Å². The van der Waals surface area contributed by atoms with Gasteiger partial charge in [-0.15, -0.1) is 0 Å². The number of amides is 2. The SMILES string of the molecule is CCc1ccc(CN(C)C(=O)COC(=O)c2ccc(CN3CCCC3=O)cc2)cc1. The second-order valence-electron chi connectivity index (χ2n) is 7.61. The molecule has 6 nitrogen and oxygen atoms in total. The number of carbonyl (C=O) groups excluding carboxylic acids is 3. The smallest absolute Gasteiger partial charge is 0.338 e. The molecule has 0 saturated carbocycles. The summed E-state index contributed by atoms with van der Waals surface area (Å²) in [5.41, 5.74) is 3.63. The van der Waals surface area contributed by atoms with Crippen molar-refractivity contribution in [2.24, 2.45) is 0 Å². The van der Waals surface area contributed by atoms with Crippen molar-refractivity contribution in [3.63, 3.8) is 0 Å². The molecule has 1 aliphatic heterocycles. The van der Waals surface area contributed by atoms with Gasteiger partial charge in [-0.05, 0) is 41.7 Å². The molecular formula is C24H28N2O4. The van der Waals surface area contributed by atoms with Crippen LogP contribution in [-0.2, 0) is 33.8 Å². The fourth-order valence-corrected chi connectivity index (χ4v) is 3.40. The van der Waals surface area contributed by atoms with Crippen LogP contribution in [0, 0.1) is 0 Å². The van der Waals surface area contributed by atoms with Crippen LogP contribution in [0.4, 0.5) is 0 Å². The summed E-state index contributed by atoms with van der Waals surface area (Å²) < 4.78 is 5.18. The Kier molecular flexibility index (Phi) is 7.22. The minimum absolute atomic E-state index is 0.169. The number of carbonyl (C=O) groups is 3. The zero-order chi connectivity index (χ0) is 21.5. The van der Waals surface area contributed by atoms with Crippen LogP contribution in [0.25, 0.3) is 0 Å². The van der Waals surface area contributed by atoms with E-state index in [0.717, 1.165) is 30.5 Å². The molecule has 0 aromatic heterocycles. The van der Waals surface area contributed by atoms with Crippen molar-refractivity contribution in [3.05, 3.63) is 70.8 Å². The highest BCUT2D eigenvalue weighted by Crippen LogP contribution is 2.15. The van der Waals surface area contributed by atoms with Crippen molar-refractivity contribution in [1.29, 1.82) is 0 Å². The minimum Gasteiger partial charge on any atom is -0.452 e. The third-order valence-corrected chi connectivity index (χ3v) is 5.34. The van der Waals surface area contributed by atoms with E-state index in [1.807, 2.05) is 29.2 Å². The largest absolute Gasteiger partial charge is 0.452 e. The lowest BCUT2D eigenvalue weighted by Crippen LogP contribution is -2.30. The van der Waals surface area contributed by atoms with Gasteiger partial charge in [0.05, 0.1) is 5.56 Å². The van der Waals surface area contributed by atoms with Gasteiger partial charge in [0.15, 0.2) is 6.61 Å². The van der Waals surface area contributed by atoms with Gasteiger partial charge in [0.25, 0.3) is 5.91 Å². The molecular weight excluding hydrogens is 380 g/mol. The number of hydrogen-bond acceptors (Lipinski definition) is 4. The maximum atomic E-state index is 12.3. The average Bonchev–Trinajstić information content (AvgIpc) is 3.17. The maximum Gasteiger partial charge on any atom is 0.338 e. The van der Waals surface area contributed by atoms with Crippen molar-refractivity contribution in [3.8, 4) is 0 Å². The van der Waals surface area contributed by atoms with Crippen LogP contribution in [0.15, 0.2) is 48.5 Å². The Bertz CT molecular complexity index is 890. The summed E-state index contributed by atoms with van der Waals surface area (Å²) in [5.74, 6) is -0.623. The van der Waals surface area contributed by atoms with Gasteiger partial charge in [-0.3, -0.25) is 9.59 Å². The van der Waals surface area contributed by atoms with Crippen molar-refractivity contribution >= 4 is 17.8 Å². The number of likely N-dealkylation sites (N-methyl/N-ethyl adjacent to an activating group) is 1. The third-order valence-electron chi connectivity index (χ3n) is 5.34. The number of benzene rings is 2. The summed E-state index contributed by atoms with van der Waals surface area (Å²) in [5, 5.41) is 0. The van der Waals surface area contributed by atoms with Crippen LogP contribution >= 0.6 is 0 Å². The number of rotatable bonds is 8. The molecule has 1 aliphatic rings. The van der Waals surface area contributed by atoms with Gasteiger partial charge in [-0.2, -0.15) is 0 Å². The molecule has 2 amide bonds. The van der Waals surface area contributed by atoms with Gasteiger partial charge in [-0.25, -0.2) is 4.79 Å². The number of nitrogens with zero attached hydrogens (tertiary/aromatic N) is 2. The first kappa shape index (κ1) is 21.6. The fourth-order valence-electron chi connectivity index (χ4n) is 3.40. The zero-order valence-corrected chi connectivity index (χ0v) is 17.6. The summed E-state index contributed by atoms with van der Waals surface area (Å²) in [6, 6.07) is 15.1. The fraction of sp³-hybridized carbons (Fsp3) is 0.375. The Morgan fingerprint density at radius 2 is 1.63 bits per heavy atom. The predicted molar refractivity (Wildman–Crippen MR) is 114 cm³/mol. The highest BCUT2D eigenvalue weighted by atomic mass is 16.5. The van der Waals surface area contributed by atoms with Gasteiger partial charge in [0, 0.05) is 33.1 Å². The van der Waals surface area contributed by atoms with Crippen LogP contribution < -0.4 is 0 Å². The van der Waals surface area contributed by atoms with Crippen LogP contribution in [0.3, 0.4) is 0 Å². The van der Waals surface area contributed by atoms with Gasteiger partial charge < -0.3 is 14.5 Å². The molecule has 0 spiro atoms. The van der Waals surface area contributed by atoms with Gasteiger partial charge in [0.1, 0.15) is 0 Å². The quantitative estimate of drug-likeness (QED) is 0.629. The topological polar surface area (TPSA) is 66.9 Å². The highest BCUT2D eigenvalue weighted by molar-refractivity contribution is 5.91. The van der Waals surface area contributed by atoms with Crippen LogP contribution in [0.2, 0.25) is 0 Å². The van der Waals surface area contributed by atoms with E-state index in [2.05, 4.69) is 19.1 Å². The van der Waals surface area contributed by atoms with Gasteiger partial charge in [-0.1, -0.05) is 43.3 Å². The number of hydrogen-bond donors (Lipinski definition) is 0. The number of aryl methyl sites for hydroxylation is 1. The van der Waals surface area contributed by atoms with E-state index >= 15 is 0 Å². The molecule has 30 heavy (non-hydrogen) atoms. The van der Waals surface area contributed by atoms with Crippen LogP contribution in [0.5, 0.6) is 0 Å². The first-order valence-corrected chi connectivity index (χ1v) is 10.3. The van der Waals surface area contributed by atoms with Crippen LogP contribution in [-0.4, -0.2) is 47.8 Å². The summed E-state index contributed by atoms with van der Waals surface area (Å²) in [7, 11) is 1.69. The Balaban J connectivity index is 1.46. The number of esters is 1. The first-order valence-electron chi connectivity index (χ1n) is 10.3. The third kappa shape index (κ3) is 5.69. The molecule has 158 valence electrons. The molecule has 0 N–H and O–H groups in total. The number of ether oxygens (including phenoxy) is 1. The molecule has 6 heteroatoms. The molecule has 1 fully saturated rings. The van der Waals surface area contributed by atoms with E-state index in [1.54, 1.807) is 24.1 Å². The van der Waals surface area contributed by atoms with E-state index in [9.17, 15) is 14.4 Å². The Morgan fingerprint density at radius 3 is 2.23 bits per heavy atom. The summed E-state index contributed by atoms with van der Waals surface area (Å²) in [6.45, 7) is 3.59. The molecule has 1 heterocycles. The zero-order valence-electron chi connectivity index (χ0n) is 17.6. The van der Waals surface area contributed by atoms with E-state index < -0.39 is 5.97 Å². The van der Waals surface area contributed by atoms with Crippen molar-refractivity contribution in [1.82, 2.24) is 9.80 Å². The lowest BCUT2D eigenvalue weighted by atomic mass is 10.1. The highest BCUT2D eigenvalue weighted by Gasteiger charge is 2.20. The average molecular weight is 408 g/mol. The minimum atomic E-state index is -0.534. The predicted octanol–water partition coefficient (Wildman–Crippen LogP) is 3.19. The lowest BCUT2D eigenvalue weighted by Gasteiger charge is -2.17. The van der Waals surface area contributed by atoms with Crippen molar-refractivity contribution < 1.29 is 19.1 Å². The molecule has 2 aromatic rings. The number of likely N-dealkylation sites (tertiary alicyclic amines) is 1. The molecule has 0 aliphatic carbocycles. The molecule has 1 saturated heterocycles. The van der Waals surface area contributed by atoms with Crippen molar-refractivity contribution in [2.75, 3.05) is 20.2 Å². The molecule has 2 aromatic carbocycles. The molecule has 3 rings (SSSR count). The summed E-state index contributed by atoms with van der Waals surface area (Å²) in [6.07, 6.45) is 2.48. The van der Waals surface area contributed by atoms with Crippen molar-refractivity contribution in [2.45, 2.75) is 39.3 Å².